The van der Waals surface area contributed by atoms with E-state index in [1.165, 1.54) is 44.2 Å². The highest BCUT2D eigenvalue weighted by Crippen LogP contribution is 2.36. The summed E-state index contributed by atoms with van der Waals surface area (Å²) in [5.74, 6) is 0.993. The summed E-state index contributed by atoms with van der Waals surface area (Å²) in [7, 11) is 0. The molecule has 0 aliphatic carbocycles. The third-order valence-electron chi connectivity index (χ3n) is 7.35. The minimum atomic E-state index is -0.149. The van der Waals surface area contributed by atoms with Gasteiger partial charge in [-0.2, -0.15) is 0 Å². The number of fused-ring (bicyclic) bond motifs is 1. The summed E-state index contributed by atoms with van der Waals surface area (Å²) < 4.78 is 11.9. The first-order valence-electron chi connectivity index (χ1n) is 14.0. The van der Waals surface area contributed by atoms with Crippen LogP contribution in [0.1, 0.15) is 93.5 Å². The summed E-state index contributed by atoms with van der Waals surface area (Å²) in [5, 5.41) is 4.20. The maximum Gasteiger partial charge on any atom is 0.259 e. The number of benzene rings is 2. The molecule has 0 atom stereocenters. The van der Waals surface area contributed by atoms with Gasteiger partial charge in [-0.1, -0.05) is 58.1 Å². The van der Waals surface area contributed by atoms with Gasteiger partial charge in [0.25, 0.3) is 5.91 Å². The highest BCUT2D eigenvalue weighted by molar-refractivity contribution is 6.07. The Morgan fingerprint density at radius 1 is 1.00 bits per heavy atom. The zero-order valence-corrected chi connectivity index (χ0v) is 22.1. The highest BCUT2D eigenvalue weighted by atomic mass is 16.5. The van der Waals surface area contributed by atoms with Gasteiger partial charge in [0, 0.05) is 16.6 Å². The maximum atomic E-state index is 13.2. The van der Waals surface area contributed by atoms with Crippen LogP contribution in [0.25, 0.3) is 11.0 Å². The fourth-order valence-electron chi connectivity index (χ4n) is 5.19. The monoisotopic (exact) mass is 490 g/mol. The summed E-state index contributed by atoms with van der Waals surface area (Å²) in [4.78, 5) is 15.8. The lowest BCUT2D eigenvalue weighted by Crippen LogP contribution is -2.33. The largest absolute Gasteiger partial charge is 0.493 e. The number of anilines is 1. The third kappa shape index (κ3) is 6.91. The molecule has 1 amide bonds. The number of likely N-dealkylation sites (tertiary alicyclic amines) is 1. The van der Waals surface area contributed by atoms with Crippen molar-refractivity contribution >= 4 is 22.6 Å². The predicted molar refractivity (Wildman–Crippen MR) is 148 cm³/mol. The van der Waals surface area contributed by atoms with E-state index in [0.29, 0.717) is 23.8 Å². The first kappa shape index (κ1) is 26.3. The first-order valence-corrected chi connectivity index (χ1v) is 14.0. The molecule has 194 valence electrons. The van der Waals surface area contributed by atoms with Crippen LogP contribution in [0.2, 0.25) is 0 Å². The number of piperidine rings is 1. The molecule has 0 saturated carbocycles. The molecule has 3 aromatic rings. The minimum absolute atomic E-state index is 0.149. The highest BCUT2D eigenvalue weighted by Gasteiger charge is 2.23. The smallest absolute Gasteiger partial charge is 0.259 e. The van der Waals surface area contributed by atoms with Crippen LogP contribution >= 0.6 is 0 Å². The molecule has 5 nitrogen and oxygen atoms in total. The molecule has 4 rings (SSSR count). The summed E-state index contributed by atoms with van der Waals surface area (Å²) >= 11 is 0. The van der Waals surface area contributed by atoms with Crippen LogP contribution in [0, 0.1) is 0 Å². The number of unbranched alkanes of at least 4 members (excludes halogenated alkanes) is 5. The number of ether oxygens (including phenoxy) is 1. The van der Waals surface area contributed by atoms with Crippen molar-refractivity contribution in [3.8, 4) is 5.75 Å². The minimum Gasteiger partial charge on any atom is -0.493 e. The van der Waals surface area contributed by atoms with Crippen molar-refractivity contribution in [1.29, 1.82) is 0 Å². The lowest BCUT2D eigenvalue weighted by Gasteiger charge is -2.31. The molecule has 0 bridgehead atoms. The van der Waals surface area contributed by atoms with E-state index in [2.05, 4.69) is 30.1 Å². The van der Waals surface area contributed by atoms with Gasteiger partial charge in [0.2, 0.25) is 0 Å². The second kappa shape index (κ2) is 13.5. The van der Waals surface area contributed by atoms with E-state index >= 15 is 0 Å². The molecular weight excluding hydrogens is 448 g/mol. The van der Waals surface area contributed by atoms with Crippen molar-refractivity contribution in [2.24, 2.45) is 0 Å². The van der Waals surface area contributed by atoms with Crippen LogP contribution < -0.4 is 10.1 Å². The second-order valence-corrected chi connectivity index (χ2v) is 10.1. The average molecular weight is 491 g/mol. The topological polar surface area (TPSA) is 54.7 Å². The summed E-state index contributed by atoms with van der Waals surface area (Å²) in [6.45, 7) is 8.59. The molecule has 5 heteroatoms. The van der Waals surface area contributed by atoms with E-state index in [9.17, 15) is 4.79 Å². The maximum absolute atomic E-state index is 13.2. The molecule has 1 aromatic heterocycles. The molecule has 36 heavy (non-hydrogen) atoms. The molecule has 1 aliphatic rings. The number of furan rings is 1. The number of rotatable bonds is 13. The number of hydrogen-bond donors (Lipinski definition) is 1. The Morgan fingerprint density at radius 2 is 1.78 bits per heavy atom. The zero-order chi connectivity index (χ0) is 25.2. The van der Waals surface area contributed by atoms with Gasteiger partial charge >= 0.3 is 0 Å². The van der Waals surface area contributed by atoms with E-state index in [1.54, 1.807) is 0 Å². The lowest BCUT2D eigenvalue weighted by atomic mass is 9.89. The van der Waals surface area contributed by atoms with Crippen molar-refractivity contribution in [2.45, 2.75) is 77.6 Å². The van der Waals surface area contributed by atoms with Crippen LogP contribution in [0.15, 0.2) is 53.1 Å². The number of nitrogens with one attached hydrogen (secondary N) is 1. The molecule has 1 N–H and O–H groups in total. The van der Waals surface area contributed by atoms with E-state index in [0.717, 1.165) is 55.4 Å². The number of amides is 1. The van der Waals surface area contributed by atoms with Gasteiger partial charge in [-0.05, 0) is 81.6 Å². The van der Waals surface area contributed by atoms with Crippen LogP contribution in [-0.2, 0) is 0 Å². The van der Waals surface area contributed by atoms with Crippen LogP contribution in [0.4, 0.5) is 5.69 Å². The Balaban J connectivity index is 1.40. The van der Waals surface area contributed by atoms with Gasteiger partial charge in [-0.15, -0.1) is 0 Å². The Morgan fingerprint density at radius 3 is 2.58 bits per heavy atom. The van der Waals surface area contributed by atoms with E-state index in [1.807, 2.05) is 42.7 Å². The molecule has 1 aliphatic heterocycles. The molecule has 2 aromatic carbocycles. The van der Waals surface area contributed by atoms with Crippen LogP contribution in [0.3, 0.4) is 0 Å². The van der Waals surface area contributed by atoms with Gasteiger partial charge in [0.15, 0.2) is 0 Å². The molecule has 2 heterocycles. The average Bonchev–Trinajstić information content (AvgIpc) is 3.32. The molecule has 0 spiro atoms. The van der Waals surface area contributed by atoms with Crippen molar-refractivity contribution in [1.82, 2.24) is 4.90 Å². The van der Waals surface area contributed by atoms with Gasteiger partial charge in [0.05, 0.1) is 18.4 Å². The van der Waals surface area contributed by atoms with Crippen molar-refractivity contribution in [2.75, 3.05) is 31.6 Å². The molecule has 1 fully saturated rings. The van der Waals surface area contributed by atoms with E-state index in [4.69, 9.17) is 9.15 Å². The number of hydrogen-bond acceptors (Lipinski definition) is 4. The number of carbonyl (C=O) groups excluding carboxylic acids is 1. The summed E-state index contributed by atoms with van der Waals surface area (Å²) in [6.07, 6.45) is 12.7. The Labute approximate surface area is 216 Å². The van der Waals surface area contributed by atoms with Gasteiger partial charge in [-0.25, -0.2) is 0 Å². The number of carbonyl (C=O) groups is 1. The lowest BCUT2D eigenvalue weighted by molar-refractivity contribution is 0.102. The molecule has 0 unspecified atom stereocenters. The Hall–Kier alpha value is -2.79. The van der Waals surface area contributed by atoms with Crippen molar-refractivity contribution in [3.05, 3.63) is 59.9 Å². The molecule has 0 radical (unpaired) electrons. The van der Waals surface area contributed by atoms with Crippen LogP contribution in [-0.4, -0.2) is 37.0 Å². The summed E-state index contributed by atoms with van der Waals surface area (Å²) in [5.41, 5.74) is 3.50. The predicted octanol–water partition coefficient (Wildman–Crippen LogP) is 8.01. The van der Waals surface area contributed by atoms with E-state index in [-0.39, 0.29) is 5.91 Å². The van der Waals surface area contributed by atoms with Crippen molar-refractivity contribution < 1.29 is 13.9 Å². The zero-order valence-electron chi connectivity index (χ0n) is 22.1. The normalized spacial score (nSPS) is 14.8. The SMILES string of the molecule is CCCCCCOc1ccccc1C(=O)Nc1ccc2occ(C3CCN(CCCCC)CC3)c2c1. The fraction of sp³-hybridized carbons (Fsp3) is 0.516. The van der Waals surface area contributed by atoms with Crippen molar-refractivity contribution in [3.63, 3.8) is 0 Å². The fourth-order valence-corrected chi connectivity index (χ4v) is 5.19. The first-order chi connectivity index (χ1) is 17.7. The third-order valence-corrected chi connectivity index (χ3v) is 7.35. The number of para-hydroxylation sites is 1. The van der Waals surface area contributed by atoms with Gasteiger partial charge < -0.3 is 19.4 Å². The quantitative estimate of drug-likeness (QED) is 0.247. The standard InChI is InChI=1S/C31H42N2O3/c1-3-5-7-11-21-35-29-13-9-8-12-26(29)31(34)32-25-14-15-30-27(22-25)28(23-36-30)24-16-19-33(20-17-24)18-10-6-4-2/h8-9,12-15,22-24H,3-7,10-11,16-21H2,1-2H3,(H,32,34). The van der Waals surface area contributed by atoms with Crippen LogP contribution in [0.5, 0.6) is 5.75 Å². The Bertz CT molecular complexity index is 1100. The molecular formula is C31H42N2O3. The second-order valence-electron chi connectivity index (χ2n) is 10.1. The molecule has 1 saturated heterocycles. The summed E-state index contributed by atoms with van der Waals surface area (Å²) in [6, 6.07) is 13.4. The number of nitrogens with zero attached hydrogens (tertiary/aromatic N) is 1. The van der Waals surface area contributed by atoms with E-state index < -0.39 is 0 Å². The Kier molecular flexibility index (Phi) is 9.85. The van der Waals surface area contributed by atoms with Gasteiger partial charge in [-0.3, -0.25) is 4.79 Å². The van der Waals surface area contributed by atoms with Gasteiger partial charge in [0.1, 0.15) is 11.3 Å².